The van der Waals surface area contributed by atoms with Crippen molar-refractivity contribution in [2.75, 3.05) is 37.4 Å². The first-order valence-electron chi connectivity index (χ1n) is 5.03. The molecule has 0 aromatic carbocycles. The van der Waals surface area contributed by atoms with Gasteiger partial charge in [-0.2, -0.15) is 11.8 Å². The van der Waals surface area contributed by atoms with Crippen molar-refractivity contribution < 1.29 is 8.42 Å². The van der Waals surface area contributed by atoms with E-state index < -0.39 is 9.84 Å². The van der Waals surface area contributed by atoms with E-state index in [1.165, 1.54) is 12.7 Å². The van der Waals surface area contributed by atoms with Crippen molar-refractivity contribution in [1.82, 2.24) is 4.90 Å². The summed E-state index contributed by atoms with van der Waals surface area (Å²) in [5, 5.41) is 0.698. The summed E-state index contributed by atoms with van der Waals surface area (Å²) in [5.74, 6) is 1.44. The van der Waals surface area contributed by atoms with Gasteiger partial charge in [-0.25, -0.2) is 8.42 Å². The molecule has 3 nitrogen and oxygen atoms in total. The van der Waals surface area contributed by atoms with E-state index >= 15 is 0 Å². The van der Waals surface area contributed by atoms with Gasteiger partial charge in [0, 0.05) is 36.9 Å². The van der Waals surface area contributed by atoms with E-state index in [-0.39, 0.29) is 0 Å². The molecule has 0 spiro atoms. The van der Waals surface area contributed by atoms with E-state index in [9.17, 15) is 8.42 Å². The topological polar surface area (TPSA) is 37.4 Å². The molecule has 0 aliphatic carbocycles. The van der Waals surface area contributed by atoms with Gasteiger partial charge in [0.25, 0.3) is 0 Å². The van der Waals surface area contributed by atoms with Crippen LogP contribution < -0.4 is 0 Å². The molecule has 1 fully saturated rings. The minimum Gasteiger partial charge on any atom is -0.300 e. The lowest BCUT2D eigenvalue weighted by atomic mass is 10.3. The summed E-state index contributed by atoms with van der Waals surface area (Å²) in [6, 6.07) is 0. The standard InChI is InChI=1S/C9H19NO2S2/c1-3-9-8-10(4-6-13-9)5-7-14(2,11)12/h9H,3-8H2,1-2H3/t9-/m1/s1. The number of hydrogen-bond donors (Lipinski definition) is 0. The van der Waals surface area contributed by atoms with Crippen molar-refractivity contribution in [3.8, 4) is 0 Å². The number of hydrogen-bond acceptors (Lipinski definition) is 4. The highest BCUT2D eigenvalue weighted by atomic mass is 32.2. The van der Waals surface area contributed by atoms with Gasteiger partial charge < -0.3 is 4.90 Å². The maximum atomic E-state index is 11.0. The van der Waals surface area contributed by atoms with E-state index in [1.807, 2.05) is 11.8 Å². The number of nitrogens with zero attached hydrogens (tertiary/aromatic N) is 1. The van der Waals surface area contributed by atoms with E-state index in [4.69, 9.17) is 0 Å². The normalized spacial score (nSPS) is 25.1. The van der Waals surface area contributed by atoms with Crippen LogP contribution in [0.25, 0.3) is 0 Å². The van der Waals surface area contributed by atoms with Crippen molar-refractivity contribution >= 4 is 21.6 Å². The van der Waals surface area contributed by atoms with Crippen LogP contribution in [0.15, 0.2) is 0 Å². The third-order valence-corrected chi connectivity index (χ3v) is 4.75. The molecule has 1 heterocycles. The van der Waals surface area contributed by atoms with Crippen LogP contribution in [0.3, 0.4) is 0 Å². The summed E-state index contributed by atoms with van der Waals surface area (Å²) >= 11 is 2.01. The average Bonchev–Trinajstić information content (AvgIpc) is 2.14. The SMILES string of the molecule is CC[C@@H]1CN(CCS(C)(=O)=O)CCS1. The van der Waals surface area contributed by atoms with E-state index in [1.54, 1.807) is 0 Å². The summed E-state index contributed by atoms with van der Waals surface area (Å²) in [7, 11) is -2.80. The minimum absolute atomic E-state index is 0.300. The zero-order valence-corrected chi connectivity index (χ0v) is 10.5. The second-order valence-electron chi connectivity index (χ2n) is 3.83. The molecular formula is C9H19NO2S2. The molecule has 1 aliphatic rings. The Morgan fingerprint density at radius 2 is 2.21 bits per heavy atom. The summed E-state index contributed by atoms with van der Waals surface area (Å²) in [5.41, 5.74) is 0. The van der Waals surface area contributed by atoms with Crippen LogP contribution in [-0.2, 0) is 9.84 Å². The van der Waals surface area contributed by atoms with Gasteiger partial charge in [0.1, 0.15) is 9.84 Å². The third kappa shape index (κ3) is 4.66. The Morgan fingerprint density at radius 3 is 2.79 bits per heavy atom. The first kappa shape index (κ1) is 12.3. The molecule has 1 atom stereocenters. The first-order valence-corrected chi connectivity index (χ1v) is 8.14. The predicted octanol–water partition coefficient (Wildman–Crippen LogP) is 0.858. The van der Waals surface area contributed by atoms with Gasteiger partial charge in [0.05, 0.1) is 5.75 Å². The number of rotatable bonds is 4. The molecule has 1 aliphatic heterocycles. The monoisotopic (exact) mass is 237 g/mol. The molecule has 0 aromatic heterocycles. The molecule has 0 radical (unpaired) electrons. The molecule has 5 heteroatoms. The molecule has 14 heavy (non-hydrogen) atoms. The van der Waals surface area contributed by atoms with Gasteiger partial charge in [-0.3, -0.25) is 0 Å². The fourth-order valence-electron chi connectivity index (χ4n) is 1.53. The van der Waals surface area contributed by atoms with Crippen molar-refractivity contribution in [3.05, 3.63) is 0 Å². The van der Waals surface area contributed by atoms with Gasteiger partial charge >= 0.3 is 0 Å². The van der Waals surface area contributed by atoms with Crippen molar-refractivity contribution in [1.29, 1.82) is 0 Å². The molecule has 1 rings (SSSR count). The van der Waals surface area contributed by atoms with Gasteiger partial charge in [-0.15, -0.1) is 0 Å². The van der Waals surface area contributed by atoms with Crippen molar-refractivity contribution in [3.63, 3.8) is 0 Å². The number of sulfone groups is 1. The molecule has 1 saturated heterocycles. The lowest BCUT2D eigenvalue weighted by molar-refractivity contribution is 0.297. The minimum atomic E-state index is -2.80. The Hall–Kier alpha value is 0.260. The van der Waals surface area contributed by atoms with E-state index in [2.05, 4.69) is 11.8 Å². The predicted molar refractivity (Wildman–Crippen MR) is 62.7 cm³/mol. The Kier molecular flexibility index (Phi) is 4.73. The average molecular weight is 237 g/mol. The molecule has 0 unspecified atom stereocenters. The summed E-state index contributed by atoms with van der Waals surface area (Å²) in [6.45, 7) is 4.99. The fourth-order valence-corrected chi connectivity index (χ4v) is 3.36. The van der Waals surface area contributed by atoms with Gasteiger partial charge in [-0.1, -0.05) is 6.92 Å². The third-order valence-electron chi connectivity index (χ3n) is 2.46. The van der Waals surface area contributed by atoms with E-state index in [0.29, 0.717) is 17.5 Å². The van der Waals surface area contributed by atoms with Crippen LogP contribution in [0.2, 0.25) is 0 Å². The molecule has 0 amide bonds. The highest BCUT2D eigenvalue weighted by Gasteiger charge is 2.19. The van der Waals surface area contributed by atoms with Gasteiger partial charge in [0.2, 0.25) is 0 Å². The number of thioether (sulfide) groups is 1. The Morgan fingerprint density at radius 1 is 1.50 bits per heavy atom. The van der Waals surface area contributed by atoms with Crippen molar-refractivity contribution in [2.24, 2.45) is 0 Å². The van der Waals surface area contributed by atoms with Crippen molar-refractivity contribution in [2.45, 2.75) is 18.6 Å². The molecule has 0 saturated carbocycles. The maximum absolute atomic E-state index is 11.0. The van der Waals surface area contributed by atoms with Crippen LogP contribution >= 0.6 is 11.8 Å². The van der Waals surface area contributed by atoms with Crippen LogP contribution in [0, 0.1) is 0 Å². The van der Waals surface area contributed by atoms with E-state index in [0.717, 1.165) is 18.8 Å². The lowest BCUT2D eigenvalue weighted by Gasteiger charge is -2.31. The summed E-state index contributed by atoms with van der Waals surface area (Å²) in [4.78, 5) is 2.27. The van der Waals surface area contributed by atoms with Crippen LogP contribution in [0.1, 0.15) is 13.3 Å². The maximum Gasteiger partial charge on any atom is 0.148 e. The summed E-state index contributed by atoms with van der Waals surface area (Å²) in [6.07, 6.45) is 2.49. The highest BCUT2D eigenvalue weighted by molar-refractivity contribution is 8.00. The van der Waals surface area contributed by atoms with Crippen LogP contribution in [-0.4, -0.2) is 56.0 Å². The molecular weight excluding hydrogens is 218 g/mol. The summed E-state index contributed by atoms with van der Waals surface area (Å²) < 4.78 is 22.0. The zero-order valence-electron chi connectivity index (χ0n) is 8.90. The fraction of sp³-hybridized carbons (Fsp3) is 1.00. The lowest BCUT2D eigenvalue weighted by Crippen LogP contribution is -2.40. The van der Waals surface area contributed by atoms with Crippen LogP contribution in [0.4, 0.5) is 0 Å². The molecule has 0 aromatic rings. The second-order valence-corrected chi connectivity index (χ2v) is 7.50. The Bertz CT molecular complexity index is 264. The molecule has 84 valence electrons. The van der Waals surface area contributed by atoms with Gasteiger partial charge in [0.15, 0.2) is 0 Å². The highest BCUT2D eigenvalue weighted by Crippen LogP contribution is 2.20. The largest absolute Gasteiger partial charge is 0.300 e. The Balaban J connectivity index is 2.31. The second kappa shape index (κ2) is 5.37. The van der Waals surface area contributed by atoms with Crippen LogP contribution in [0.5, 0.6) is 0 Å². The Labute approximate surface area is 91.2 Å². The smallest absolute Gasteiger partial charge is 0.148 e. The van der Waals surface area contributed by atoms with Gasteiger partial charge in [-0.05, 0) is 6.42 Å². The first-order chi connectivity index (χ1) is 6.51. The molecule has 0 bridgehead atoms. The molecule has 0 N–H and O–H groups in total. The quantitative estimate of drug-likeness (QED) is 0.727. The zero-order chi connectivity index (χ0) is 10.6.